The molecule has 1 heterocycles. The minimum atomic E-state index is -0.958. The molecular weight excluding hydrogens is 404 g/mol. The van der Waals surface area contributed by atoms with E-state index in [-0.39, 0.29) is 12.4 Å². The van der Waals surface area contributed by atoms with Gasteiger partial charge in [0, 0.05) is 6.08 Å². The molecule has 31 heavy (non-hydrogen) atoms. The van der Waals surface area contributed by atoms with Crippen molar-refractivity contribution in [3.63, 3.8) is 0 Å². The second-order valence-electron chi connectivity index (χ2n) is 7.77. The van der Waals surface area contributed by atoms with Gasteiger partial charge in [0.25, 0.3) is 5.91 Å². The monoisotopic (exact) mass is 432 g/mol. The van der Waals surface area contributed by atoms with Crippen molar-refractivity contribution in [2.75, 3.05) is 13.2 Å². The average Bonchev–Trinajstić information content (AvgIpc) is 3.15. The summed E-state index contributed by atoms with van der Waals surface area (Å²) in [5.41, 5.74) is 0.987. The average molecular weight is 432 g/mol. The van der Waals surface area contributed by atoms with Gasteiger partial charge in [-0.3, -0.25) is 14.9 Å². The van der Waals surface area contributed by atoms with Crippen LogP contribution < -0.4 is 10.6 Å². The third kappa shape index (κ3) is 5.90. The summed E-state index contributed by atoms with van der Waals surface area (Å²) < 4.78 is 22.5. The fourth-order valence-electron chi connectivity index (χ4n) is 3.69. The Labute approximate surface area is 181 Å². The fourth-order valence-corrected chi connectivity index (χ4v) is 3.69. The van der Waals surface area contributed by atoms with Gasteiger partial charge in [-0.05, 0) is 26.3 Å². The number of hydrogen-bond acceptors (Lipinski definition) is 7. The summed E-state index contributed by atoms with van der Waals surface area (Å²) in [5, 5.41) is 4.67. The van der Waals surface area contributed by atoms with Crippen molar-refractivity contribution in [2.24, 2.45) is 5.92 Å². The number of urea groups is 1. The number of fused-ring (bicyclic) bond motifs is 1. The van der Waals surface area contributed by atoms with Crippen LogP contribution in [0.25, 0.3) is 0 Å². The molecule has 1 aliphatic heterocycles. The molecule has 2 N–H and O–H groups in total. The highest BCUT2D eigenvalue weighted by molar-refractivity contribution is 6.02. The van der Waals surface area contributed by atoms with E-state index >= 15 is 0 Å². The van der Waals surface area contributed by atoms with Crippen LogP contribution in [-0.4, -0.2) is 55.0 Å². The number of carbonyl (C=O) groups is 3. The highest BCUT2D eigenvalue weighted by atomic mass is 16.8. The molecule has 1 aromatic carbocycles. The summed E-state index contributed by atoms with van der Waals surface area (Å²) in [5.74, 6) is -2.43. The predicted octanol–water partition coefficient (Wildman–Crippen LogP) is 1.67. The van der Waals surface area contributed by atoms with E-state index < -0.39 is 41.9 Å². The lowest BCUT2D eigenvalue weighted by Gasteiger charge is -2.23. The zero-order valence-electron chi connectivity index (χ0n) is 17.8. The number of hydrogen-bond donors (Lipinski definition) is 2. The van der Waals surface area contributed by atoms with Crippen molar-refractivity contribution in [1.82, 2.24) is 10.6 Å². The van der Waals surface area contributed by atoms with Crippen LogP contribution in [0, 0.1) is 5.92 Å². The lowest BCUT2D eigenvalue weighted by molar-refractivity contribution is -0.166. The Morgan fingerprint density at radius 1 is 1.16 bits per heavy atom. The normalized spacial score (nSPS) is 26.6. The lowest BCUT2D eigenvalue weighted by Crippen LogP contribution is -2.51. The zero-order chi connectivity index (χ0) is 22.4. The molecule has 0 aromatic heterocycles. The molecule has 4 atom stereocenters. The Balaban J connectivity index is 1.61. The summed E-state index contributed by atoms with van der Waals surface area (Å²) in [6.45, 7) is 6.14. The third-order valence-electron chi connectivity index (χ3n) is 4.98. The van der Waals surface area contributed by atoms with E-state index in [0.29, 0.717) is 13.2 Å². The topological polar surface area (TPSA) is 112 Å². The summed E-state index contributed by atoms with van der Waals surface area (Å²) in [4.78, 5) is 37.0. The van der Waals surface area contributed by atoms with Gasteiger partial charge >= 0.3 is 6.03 Å². The molecular formula is C22H28N2O7. The molecule has 1 aromatic rings. The molecule has 1 aliphatic carbocycles. The summed E-state index contributed by atoms with van der Waals surface area (Å²) >= 11 is 0. The van der Waals surface area contributed by atoms with Crippen LogP contribution in [-0.2, 0) is 35.1 Å². The molecule has 3 rings (SSSR count). The Morgan fingerprint density at radius 3 is 2.58 bits per heavy atom. The van der Waals surface area contributed by atoms with Crippen LogP contribution >= 0.6 is 0 Å². The van der Waals surface area contributed by atoms with E-state index in [1.165, 1.54) is 6.26 Å². The van der Waals surface area contributed by atoms with Crippen LogP contribution in [0.4, 0.5) is 4.79 Å². The first-order valence-electron chi connectivity index (χ1n) is 10.2. The molecule has 9 heteroatoms. The van der Waals surface area contributed by atoms with Crippen molar-refractivity contribution in [3.8, 4) is 0 Å². The maximum absolute atomic E-state index is 13.0. The molecule has 1 saturated heterocycles. The largest absolute Gasteiger partial charge is 0.501 e. The van der Waals surface area contributed by atoms with Crippen LogP contribution in [0.2, 0.25) is 0 Å². The van der Waals surface area contributed by atoms with E-state index in [1.54, 1.807) is 20.8 Å². The summed E-state index contributed by atoms with van der Waals surface area (Å²) in [7, 11) is 0. The first-order valence-corrected chi connectivity index (χ1v) is 10.2. The number of imide groups is 1. The van der Waals surface area contributed by atoms with Gasteiger partial charge in [0.1, 0.15) is 18.2 Å². The zero-order valence-corrected chi connectivity index (χ0v) is 17.8. The van der Waals surface area contributed by atoms with Gasteiger partial charge in [0.2, 0.25) is 0 Å². The first kappa shape index (κ1) is 22.9. The molecule has 2 fully saturated rings. The van der Waals surface area contributed by atoms with Gasteiger partial charge in [0.05, 0.1) is 32.0 Å². The van der Waals surface area contributed by atoms with Crippen molar-refractivity contribution >= 4 is 17.7 Å². The minimum Gasteiger partial charge on any atom is -0.501 e. The maximum Gasteiger partial charge on any atom is 0.322 e. The van der Waals surface area contributed by atoms with E-state index in [2.05, 4.69) is 10.6 Å². The first-order chi connectivity index (χ1) is 14.8. The number of ketones is 1. The van der Waals surface area contributed by atoms with Gasteiger partial charge in [-0.15, -0.1) is 0 Å². The fraction of sp³-hybridized carbons (Fsp3) is 0.500. The van der Waals surface area contributed by atoms with Crippen LogP contribution in [0.15, 0.2) is 42.7 Å². The molecule has 1 saturated carbocycles. The molecule has 9 nitrogen and oxygen atoms in total. The standard InChI is InChI=1S/C22H28N2O7/c1-4-28-11-10-16(25)23-21(27)24-17-18(26)15(19-20(17)31-22(2,3)30-19)13-29-12-14-8-6-5-7-9-14/h5-11,15,17,19-20H,4,12-13H2,1-3H3,(H2,23,24,25,27). The number of Topliss-reactive ketones (excluding diaryl/α,β-unsaturated/α-hetero) is 1. The van der Waals surface area contributed by atoms with Crippen LogP contribution in [0.5, 0.6) is 0 Å². The van der Waals surface area contributed by atoms with Gasteiger partial charge in [0.15, 0.2) is 11.6 Å². The third-order valence-corrected chi connectivity index (χ3v) is 4.98. The van der Waals surface area contributed by atoms with Gasteiger partial charge in [-0.1, -0.05) is 30.3 Å². The molecule has 0 bridgehead atoms. The second kappa shape index (κ2) is 10.0. The molecule has 3 amide bonds. The number of amides is 3. The molecule has 0 radical (unpaired) electrons. The van der Waals surface area contributed by atoms with E-state index in [9.17, 15) is 14.4 Å². The highest BCUT2D eigenvalue weighted by Crippen LogP contribution is 2.40. The summed E-state index contributed by atoms with van der Waals surface area (Å²) in [6.07, 6.45) is 1.04. The predicted molar refractivity (Wildman–Crippen MR) is 110 cm³/mol. The Bertz CT molecular complexity index is 824. The molecule has 4 unspecified atom stereocenters. The summed E-state index contributed by atoms with van der Waals surface area (Å²) in [6, 6.07) is 7.85. The number of rotatable bonds is 8. The number of benzene rings is 1. The van der Waals surface area contributed by atoms with Crippen LogP contribution in [0.1, 0.15) is 26.3 Å². The Hall–Kier alpha value is -2.75. The number of carbonyl (C=O) groups excluding carboxylic acids is 3. The lowest BCUT2D eigenvalue weighted by atomic mass is 10.1. The van der Waals surface area contributed by atoms with Gasteiger partial charge in [-0.2, -0.15) is 0 Å². The maximum atomic E-state index is 13.0. The van der Waals surface area contributed by atoms with Crippen molar-refractivity contribution in [1.29, 1.82) is 0 Å². The number of ether oxygens (including phenoxy) is 4. The Morgan fingerprint density at radius 2 is 1.87 bits per heavy atom. The minimum absolute atomic E-state index is 0.129. The quantitative estimate of drug-likeness (QED) is 0.475. The molecule has 0 spiro atoms. The van der Waals surface area contributed by atoms with E-state index in [4.69, 9.17) is 18.9 Å². The highest BCUT2D eigenvalue weighted by Gasteiger charge is 2.59. The molecule has 168 valence electrons. The SMILES string of the molecule is CCOC=CC(=O)NC(=O)NC1C(=O)C(COCc2ccccc2)C2OC(C)(C)OC12. The van der Waals surface area contributed by atoms with Crippen molar-refractivity contribution in [3.05, 3.63) is 48.2 Å². The second-order valence-corrected chi connectivity index (χ2v) is 7.77. The van der Waals surface area contributed by atoms with Crippen molar-refractivity contribution in [2.45, 2.75) is 51.4 Å². The van der Waals surface area contributed by atoms with Gasteiger partial charge < -0.3 is 24.3 Å². The Kier molecular flexibility index (Phi) is 7.42. The van der Waals surface area contributed by atoms with Gasteiger partial charge in [-0.25, -0.2) is 4.79 Å². The number of nitrogens with one attached hydrogen (secondary N) is 2. The smallest absolute Gasteiger partial charge is 0.322 e. The van der Waals surface area contributed by atoms with E-state index in [0.717, 1.165) is 11.6 Å². The molecule has 2 aliphatic rings. The van der Waals surface area contributed by atoms with E-state index in [1.807, 2.05) is 30.3 Å². The van der Waals surface area contributed by atoms with Crippen molar-refractivity contribution < 1.29 is 33.3 Å². The van der Waals surface area contributed by atoms with Crippen LogP contribution in [0.3, 0.4) is 0 Å².